The van der Waals surface area contributed by atoms with Crippen molar-refractivity contribution in [2.75, 3.05) is 25.5 Å². The van der Waals surface area contributed by atoms with Gasteiger partial charge in [-0.2, -0.15) is 10.2 Å². The van der Waals surface area contributed by atoms with Crippen LogP contribution in [0.5, 0.6) is 5.88 Å². The lowest BCUT2D eigenvalue weighted by atomic mass is 10.0. The van der Waals surface area contributed by atoms with Gasteiger partial charge in [0.25, 0.3) is 0 Å². The number of para-hydroxylation sites is 1. The lowest BCUT2D eigenvalue weighted by Crippen LogP contribution is -2.42. The zero-order chi connectivity index (χ0) is 27.5. The number of ether oxygens (including phenoxy) is 1. The van der Waals surface area contributed by atoms with Gasteiger partial charge < -0.3 is 10.1 Å². The normalized spacial score (nSPS) is 17.3. The number of nitrogens with one attached hydrogen (secondary N) is 2. The highest BCUT2D eigenvalue weighted by Crippen LogP contribution is 2.32. The predicted molar refractivity (Wildman–Crippen MR) is 141 cm³/mol. The van der Waals surface area contributed by atoms with Crippen molar-refractivity contribution in [3.63, 3.8) is 0 Å². The van der Waals surface area contributed by atoms with Crippen LogP contribution in [0.25, 0.3) is 16.9 Å². The van der Waals surface area contributed by atoms with Crippen LogP contribution in [0.15, 0.2) is 66.9 Å². The smallest absolute Gasteiger partial charge is 0.320 e. The fourth-order valence-corrected chi connectivity index (χ4v) is 4.53. The van der Waals surface area contributed by atoms with E-state index in [1.54, 1.807) is 29.1 Å². The molecule has 9 nitrogen and oxygen atoms in total. The summed E-state index contributed by atoms with van der Waals surface area (Å²) in [7, 11) is 1.55. The second kappa shape index (κ2) is 11.2. The van der Waals surface area contributed by atoms with E-state index in [1.165, 1.54) is 6.07 Å². The number of methoxy groups -OCH3 is 1. The van der Waals surface area contributed by atoms with Gasteiger partial charge >= 0.3 is 6.03 Å². The Morgan fingerprint density at radius 2 is 1.92 bits per heavy atom. The lowest BCUT2D eigenvalue weighted by Gasteiger charge is -2.20. The lowest BCUT2D eigenvalue weighted by molar-refractivity contribution is -0.144. The molecule has 0 saturated carbocycles. The van der Waals surface area contributed by atoms with Crippen LogP contribution in [0, 0.1) is 18.6 Å². The monoisotopic (exact) mass is 534 g/mol. The Morgan fingerprint density at radius 3 is 2.59 bits per heavy atom. The SMILES string of the molecule is CCN1C[C@@H](NC(=O)Nc2c(C)c(-c3ccc(OC)nc3)nn2-c2ccccc2)[C@H](c2ccc(F)c(F)c2)O1. The van der Waals surface area contributed by atoms with Crippen molar-refractivity contribution in [2.24, 2.45) is 0 Å². The van der Waals surface area contributed by atoms with E-state index in [0.29, 0.717) is 36.0 Å². The number of carbonyl (C=O) groups excluding carboxylic acids is 1. The molecule has 1 aliphatic heterocycles. The summed E-state index contributed by atoms with van der Waals surface area (Å²) in [6.07, 6.45) is 0.974. The van der Waals surface area contributed by atoms with Crippen molar-refractivity contribution in [1.82, 2.24) is 25.1 Å². The van der Waals surface area contributed by atoms with Crippen LogP contribution in [-0.2, 0) is 4.84 Å². The molecule has 2 amide bonds. The summed E-state index contributed by atoms with van der Waals surface area (Å²) in [6, 6.07) is 15.6. The molecule has 0 bridgehead atoms. The topological polar surface area (TPSA) is 93.5 Å². The van der Waals surface area contributed by atoms with Gasteiger partial charge in [0.1, 0.15) is 11.9 Å². The van der Waals surface area contributed by atoms with Crippen molar-refractivity contribution < 1.29 is 23.1 Å². The molecular weight excluding hydrogens is 506 g/mol. The third-order valence-electron chi connectivity index (χ3n) is 6.54. The molecule has 2 aromatic heterocycles. The van der Waals surface area contributed by atoms with E-state index in [9.17, 15) is 13.6 Å². The number of amides is 2. The molecule has 0 unspecified atom stereocenters. The summed E-state index contributed by atoms with van der Waals surface area (Å²) < 4.78 is 34.3. The summed E-state index contributed by atoms with van der Waals surface area (Å²) in [4.78, 5) is 23.5. The van der Waals surface area contributed by atoms with Crippen molar-refractivity contribution in [1.29, 1.82) is 0 Å². The molecule has 3 heterocycles. The van der Waals surface area contributed by atoms with Gasteiger partial charge in [0, 0.05) is 36.5 Å². The predicted octanol–water partition coefficient (Wildman–Crippen LogP) is 5.03. The number of likely N-dealkylation sites (N-methyl/N-ethyl adjacent to an activating group) is 1. The van der Waals surface area contributed by atoms with Gasteiger partial charge in [-0.15, -0.1) is 0 Å². The molecule has 2 atom stereocenters. The van der Waals surface area contributed by atoms with E-state index in [1.807, 2.05) is 50.2 Å². The minimum Gasteiger partial charge on any atom is -0.481 e. The molecule has 1 aliphatic rings. The van der Waals surface area contributed by atoms with Crippen LogP contribution in [-0.4, -0.2) is 52.1 Å². The molecule has 0 aliphatic carbocycles. The average molecular weight is 535 g/mol. The highest BCUT2D eigenvalue weighted by Gasteiger charge is 2.36. The summed E-state index contributed by atoms with van der Waals surface area (Å²) in [5, 5.41) is 12.3. The fourth-order valence-electron chi connectivity index (χ4n) is 4.53. The zero-order valence-corrected chi connectivity index (χ0v) is 21.7. The highest BCUT2D eigenvalue weighted by atomic mass is 19.2. The number of urea groups is 1. The van der Waals surface area contributed by atoms with E-state index < -0.39 is 29.8 Å². The highest BCUT2D eigenvalue weighted by molar-refractivity contribution is 5.91. The van der Waals surface area contributed by atoms with Gasteiger partial charge in [0.2, 0.25) is 5.88 Å². The third kappa shape index (κ3) is 5.45. The number of nitrogens with zero attached hydrogens (tertiary/aromatic N) is 4. The molecule has 1 fully saturated rings. The minimum absolute atomic E-state index is 0.368. The number of benzene rings is 2. The molecule has 2 aromatic carbocycles. The van der Waals surface area contributed by atoms with Gasteiger partial charge in [-0.3, -0.25) is 10.2 Å². The van der Waals surface area contributed by atoms with Crippen LogP contribution in [0.3, 0.4) is 0 Å². The molecule has 0 radical (unpaired) electrons. The Hall–Kier alpha value is -4.35. The van der Waals surface area contributed by atoms with Crippen LogP contribution < -0.4 is 15.4 Å². The molecular formula is C28H28F2N6O3. The number of hydroxylamine groups is 2. The van der Waals surface area contributed by atoms with Crippen LogP contribution in [0.4, 0.5) is 19.4 Å². The third-order valence-corrected chi connectivity index (χ3v) is 6.54. The summed E-state index contributed by atoms with van der Waals surface area (Å²) in [5.41, 5.74) is 3.31. The van der Waals surface area contributed by atoms with Crippen molar-refractivity contribution in [3.05, 3.63) is 89.6 Å². The van der Waals surface area contributed by atoms with E-state index >= 15 is 0 Å². The molecule has 5 rings (SSSR count). The average Bonchev–Trinajstić information content (AvgIpc) is 3.51. The number of pyridine rings is 1. The fraction of sp³-hybridized carbons (Fsp3) is 0.250. The standard InChI is InChI=1S/C28H28F2N6O3/c1-4-35-16-23(26(39-35)18-10-12-21(29)22(30)14-18)32-28(37)33-27-17(2)25(19-11-13-24(38-3)31-15-19)34-36(27)20-8-6-5-7-9-20/h5-15,23,26H,4,16H2,1-3H3,(H2,32,33,37)/t23-,26+/m1/s1. The van der Waals surface area contributed by atoms with Gasteiger partial charge in [0.15, 0.2) is 11.6 Å². The maximum Gasteiger partial charge on any atom is 0.320 e. The zero-order valence-electron chi connectivity index (χ0n) is 21.7. The van der Waals surface area contributed by atoms with Crippen LogP contribution in [0.2, 0.25) is 0 Å². The number of halogens is 2. The Balaban J connectivity index is 1.43. The first kappa shape index (κ1) is 26.3. The molecule has 11 heteroatoms. The maximum absolute atomic E-state index is 14.0. The second-order valence-electron chi connectivity index (χ2n) is 9.04. The molecule has 2 N–H and O–H groups in total. The quantitative estimate of drug-likeness (QED) is 0.346. The number of rotatable bonds is 7. The summed E-state index contributed by atoms with van der Waals surface area (Å²) in [6.45, 7) is 4.69. The first-order chi connectivity index (χ1) is 18.9. The van der Waals surface area contributed by atoms with Crippen LogP contribution in [0.1, 0.15) is 24.2 Å². The molecule has 1 saturated heterocycles. The number of hydrogen-bond donors (Lipinski definition) is 2. The Morgan fingerprint density at radius 1 is 1.13 bits per heavy atom. The Bertz CT molecular complexity index is 1460. The van der Waals surface area contributed by atoms with Crippen LogP contribution >= 0.6 is 0 Å². The largest absolute Gasteiger partial charge is 0.481 e. The van der Waals surface area contributed by atoms with E-state index in [4.69, 9.17) is 14.7 Å². The van der Waals surface area contributed by atoms with E-state index in [-0.39, 0.29) is 0 Å². The summed E-state index contributed by atoms with van der Waals surface area (Å²) >= 11 is 0. The van der Waals surface area contributed by atoms with E-state index in [2.05, 4.69) is 15.6 Å². The molecule has 39 heavy (non-hydrogen) atoms. The molecule has 202 valence electrons. The minimum atomic E-state index is -0.975. The Kier molecular flexibility index (Phi) is 7.53. The number of hydrogen-bond acceptors (Lipinski definition) is 6. The van der Waals surface area contributed by atoms with Crippen molar-refractivity contribution >= 4 is 11.8 Å². The van der Waals surface area contributed by atoms with Crippen molar-refractivity contribution in [3.8, 4) is 22.8 Å². The Labute approximate surface area is 224 Å². The van der Waals surface area contributed by atoms with E-state index in [0.717, 1.165) is 28.9 Å². The first-order valence-corrected chi connectivity index (χ1v) is 12.5. The molecule has 4 aromatic rings. The molecule has 0 spiro atoms. The van der Waals surface area contributed by atoms with Gasteiger partial charge in [-0.25, -0.2) is 23.2 Å². The number of carbonyl (C=O) groups is 1. The van der Waals surface area contributed by atoms with Crippen molar-refractivity contribution in [2.45, 2.75) is 26.0 Å². The van der Waals surface area contributed by atoms with Gasteiger partial charge in [-0.1, -0.05) is 31.2 Å². The van der Waals surface area contributed by atoms with Gasteiger partial charge in [0.05, 0.1) is 24.5 Å². The first-order valence-electron chi connectivity index (χ1n) is 12.5. The van der Waals surface area contributed by atoms with Gasteiger partial charge in [-0.05, 0) is 42.8 Å². The maximum atomic E-state index is 14.0. The number of aromatic nitrogens is 3. The second-order valence-corrected chi connectivity index (χ2v) is 9.04. The number of anilines is 1. The summed E-state index contributed by atoms with van der Waals surface area (Å²) in [5.74, 6) is -0.969.